The molecular formula is C12H13F3N2O3S. The third-order valence-corrected chi connectivity index (χ3v) is 3.12. The highest BCUT2D eigenvalue weighted by Crippen LogP contribution is 2.29. The van der Waals surface area contributed by atoms with Crippen LogP contribution < -0.4 is 10.6 Å². The van der Waals surface area contributed by atoms with Gasteiger partial charge in [-0.1, -0.05) is 6.07 Å². The number of carboxylic acid groups (broad SMARTS) is 1. The Hall–Kier alpha value is -1.90. The van der Waals surface area contributed by atoms with Gasteiger partial charge in [0.05, 0.1) is 5.56 Å². The Balaban J connectivity index is 2.51. The zero-order valence-electron chi connectivity index (χ0n) is 11.0. The Morgan fingerprint density at radius 2 is 2.00 bits per heavy atom. The lowest BCUT2D eigenvalue weighted by atomic mass is 10.1. The van der Waals surface area contributed by atoms with Crippen molar-refractivity contribution in [1.29, 1.82) is 0 Å². The summed E-state index contributed by atoms with van der Waals surface area (Å²) in [7, 11) is 0. The second-order valence-corrected chi connectivity index (χ2v) is 5.17. The summed E-state index contributed by atoms with van der Waals surface area (Å²) in [5.74, 6) is -1.44. The van der Waals surface area contributed by atoms with Crippen molar-refractivity contribution in [2.45, 2.75) is 12.4 Å². The number of nitrogens with one attached hydrogen (secondary N) is 2. The minimum Gasteiger partial charge on any atom is -0.478 e. The number of hydrogen-bond donors (Lipinski definition) is 3. The Morgan fingerprint density at radius 3 is 2.57 bits per heavy atom. The number of halogens is 3. The molecule has 0 unspecified atom stereocenters. The summed E-state index contributed by atoms with van der Waals surface area (Å²) in [5, 5.41) is 13.5. The molecule has 9 heteroatoms. The number of thioether (sulfide) groups is 1. The normalized spacial score (nSPS) is 11.0. The number of anilines is 1. The molecule has 0 aliphatic rings. The molecule has 0 aliphatic heterocycles. The SMILES string of the molecule is Cc1ccc(C(=O)O)cc1NC(=O)NCCSC(F)(F)F. The first-order valence-corrected chi connectivity index (χ1v) is 6.77. The lowest BCUT2D eigenvalue weighted by Gasteiger charge is -2.11. The lowest BCUT2D eigenvalue weighted by Crippen LogP contribution is -2.31. The van der Waals surface area contributed by atoms with Gasteiger partial charge in [-0.3, -0.25) is 0 Å². The van der Waals surface area contributed by atoms with Crippen molar-refractivity contribution >= 4 is 29.4 Å². The van der Waals surface area contributed by atoms with Crippen LogP contribution in [-0.2, 0) is 0 Å². The van der Waals surface area contributed by atoms with Crippen LogP contribution in [-0.4, -0.2) is 34.9 Å². The van der Waals surface area contributed by atoms with E-state index in [1.807, 2.05) is 0 Å². The number of aryl methyl sites for hydroxylation is 1. The van der Waals surface area contributed by atoms with Gasteiger partial charge in [-0.05, 0) is 36.4 Å². The first-order valence-electron chi connectivity index (χ1n) is 5.78. The van der Waals surface area contributed by atoms with Gasteiger partial charge in [0.25, 0.3) is 0 Å². The molecule has 116 valence electrons. The minimum atomic E-state index is -4.33. The molecule has 0 spiro atoms. The van der Waals surface area contributed by atoms with E-state index in [4.69, 9.17) is 5.11 Å². The number of carboxylic acids is 1. The van der Waals surface area contributed by atoms with Crippen molar-refractivity contribution < 1.29 is 27.9 Å². The van der Waals surface area contributed by atoms with Gasteiger partial charge < -0.3 is 15.7 Å². The topological polar surface area (TPSA) is 78.4 Å². The Bertz CT molecular complexity index is 535. The van der Waals surface area contributed by atoms with Gasteiger partial charge in [0.2, 0.25) is 0 Å². The third-order valence-electron chi connectivity index (χ3n) is 2.39. The van der Waals surface area contributed by atoms with E-state index in [-0.39, 0.29) is 35.3 Å². The molecule has 0 heterocycles. The summed E-state index contributed by atoms with van der Waals surface area (Å²) < 4.78 is 35.6. The van der Waals surface area contributed by atoms with E-state index < -0.39 is 17.5 Å². The van der Waals surface area contributed by atoms with Crippen LogP contribution >= 0.6 is 11.8 Å². The first-order chi connectivity index (χ1) is 9.69. The van der Waals surface area contributed by atoms with Crippen LogP contribution in [0.3, 0.4) is 0 Å². The van der Waals surface area contributed by atoms with Crippen molar-refractivity contribution in [3.05, 3.63) is 29.3 Å². The van der Waals surface area contributed by atoms with E-state index in [0.717, 1.165) is 0 Å². The molecule has 0 saturated heterocycles. The molecule has 0 saturated carbocycles. The smallest absolute Gasteiger partial charge is 0.441 e. The lowest BCUT2D eigenvalue weighted by molar-refractivity contribution is -0.0327. The summed E-state index contributed by atoms with van der Waals surface area (Å²) in [6.45, 7) is 1.51. The van der Waals surface area contributed by atoms with E-state index in [9.17, 15) is 22.8 Å². The van der Waals surface area contributed by atoms with Gasteiger partial charge in [0, 0.05) is 18.0 Å². The molecule has 0 fully saturated rings. The minimum absolute atomic E-state index is 0.00327. The number of urea groups is 1. The standard InChI is InChI=1S/C12H13F3N2O3S/c1-7-2-3-8(10(18)19)6-9(7)17-11(20)16-4-5-21-12(13,14)15/h2-3,6H,4-5H2,1H3,(H,18,19)(H2,16,17,20). The zero-order chi connectivity index (χ0) is 16.0. The molecule has 0 aromatic heterocycles. The molecule has 0 atom stereocenters. The summed E-state index contributed by atoms with van der Waals surface area (Å²) >= 11 is -0.229. The monoisotopic (exact) mass is 322 g/mol. The molecule has 5 nitrogen and oxygen atoms in total. The van der Waals surface area contributed by atoms with Crippen molar-refractivity contribution in [2.75, 3.05) is 17.6 Å². The van der Waals surface area contributed by atoms with Gasteiger partial charge in [0.1, 0.15) is 0 Å². The highest BCUT2D eigenvalue weighted by atomic mass is 32.2. The molecule has 1 rings (SSSR count). The Morgan fingerprint density at radius 1 is 1.33 bits per heavy atom. The maximum Gasteiger partial charge on any atom is 0.441 e. The average Bonchev–Trinajstić information content (AvgIpc) is 2.36. The van der Waals surface area contributed by atoms with Crippen LogP contribution in [0.15, 0.2) is 18.2 Å². The van der Waals surface area contributed by atoms with Crippen molar-refractivity contribution in [1.82, 2.24) is 5.32 Å². The van der Waals surface area contributed by atoms with Crippen LogP contribution in [0.1, 0.15) is 15.9 Å². The van der Waals surface area contributed by atoms with E-state index in [2.05, 4.69) is 10.6 Å². The molecular weight excluding hydrogens is 309 g/mol. The van der Waals surface area contributed by atoms with Crippen molar-refractivity contribution in [3.8, 4) is 0 Å². The maximum absolute atomic E-state index is 11.9. The second kappa shape index (κ2) is 7.21. The average molecular weight is 322 g/mol. The molecule has 21 heavy (non-hydrogen) atoms. The van der Waals surface area contributed by atoms with Crippen LogP contribution in [0.5, 0.6) is 0 Å². The first kappa shape index (κ1) is 17.2. The molecule has 2 amide bonds. The molecule has 1 aromatic carbocycles. The zero-order valence-corrected chi connectivity index (χ0v) is 11.8. The molecule has 3 N–H and O–H groups in total. The summed E-state index contributed by atoms with van der Waals surface area (Å²) in [6, 6.07) is 3.50. The van der Waals surface area contributed by atoms with E-state index in [1.165, 1.54) is 18.2 Å². The number of hydrogen-bond acceptors (Lipinski definition) is 3. The van der Waals surface area contributed by atoms with Crippen LogP contribution in [0.2, 0.25) is 0 Å². The van der Waals surface area contributed by atoms with Crippen LogP contribution in [0, 0.1) is 6.92 Å². The quantitative estimate of drug-likeness (QED) is 0.728. The molecule has 0 bridgehead atoms. The number of carbonyl (C=O) groups excluding carboxylic acids is 1. The fraction of sp³-hybridized carbons (Fsp3) is 0.333. The number of aromatic carboxylic acids is 1. The number of rotatable bonds is 5. The molecule has 0 radical (unpaired) electrons. The predicted octanol–water partition coefficient (Wildman–Crippen LogP) is 3.07. The van der Waals surface area contributed by atoms with E-state index in [1.54, 1.807) is 6.92 Å². The largest absolute Gasteiger partial charge is 0.478 e. The highest BCUT2D eigenvalue weighted by Gasteiger charge is 2.27. The summed E-state index contributed by atoms with van der Waals surface area (Å²) in [4.78, 5) is 22.3. The Labute approximate surface area is 122 Å². The third kappa shape index (κ3) is 6.39. The number of amides is 2. The van der Waals surface area contributed by atoms with Gasteiger partial charge in [0.15, 0.2) is 0 Å². The van der Waals surface area contributed by atoms with Gasteiger partial charge in [-0.2, -0.15) is 13.2 Å². The number of alkyl halides is 3. The van der Waals surface area contributed by atoms with Crippen molar-refractivity contribution in [2.24, 2.45) is 0 Å². The highest BCUT2D eigenvalue weighted by molar-refractivity contribution is 8.00. The van der Waals surface area contributed by atoms with Gasteiger partial charge >= 0.3 is 17.5 Å². The number of carbonyl (C=O) groups is 2. The molecule has 0 aliphatic carbocycles. The van der Waals surface area contributed by atoms with Gasteiger partial charge in [-0.25, -0.2) is 9.59 Å². The summed E-state index contributed by atoms with van der Waals surface area (Å²) in [6.07, 6.45) is 0. The van der Waals surface area contributed by atoms with Crippen molar-refractivity contribution in [3.63, 3.8) is 0 Å². The van der Waals surface area contributed by atoms with Gasteiger partial charge in [-0.15, -0.1) is 0 Å². The van der Waals surface area contributed by atoms with Crippen LogP contribution in [0.25, 0.3) is 0 Å². The Kier molecular flexibility index (Phi) is 5.89. The maximum atomic E-state index is 11.9. The molecule has 1 aromatic rings. The fourth-order valence-corrected chi connectivity index (χ4v) is 1.82. The predicted molar refractivity (Wildman–Crippen MR) is 73.7 cm³/mol. The van der Waals surface area contributed by atoms with Crippen LogP contribution in [0.4, 0.5) is 23.7 Å². The fourth-order valence-electron chi connectivity index (χ4n) is 1.39. The van der Waals surface area contributed by atoms with E-state index in [0.29, 0.717) is 5.56 Å². The van der Waals surface area contributed by atoms with E-state index >= 15 is 0 Å². The second-order valence-electron chi connectivity index (χ2n) is 4.01. The number of benzene rings is 1. The summed E-state index contributed by atoms with van der Waals surface area (Å²) in [5.41, 5.74) is -3.40.